The molecule has 0 bridgehead atoms. The molecule has 2 aromatic rings. The number of alkyl halides is 3. The number of carbonyl (C=O) groups is 2. The maximum absolute atomic E-state index is 12.4. The number of benzene rings is 2. The minimum atomic E-state index is -4.45. The number of hydrogen-bond acceptors (Lipinski definition) is 3. The van der Waals surface area contributed by atoms with Crippen molar-refractivity contribution in [2.45, 2.75) is 12.7 Å². The van der Waals surface area contributed by atoms with E-state index >= 15 is 0 Å². The van der Waals surface area contributed by atoms with Gasteiger partial charge in [0.1, 0.15) is 0 Å². The van der Waals surface area contributed by atoms with Crippen LogP contribution in [0, 0.1) is 0 Å². The first-order valence-corrected chi connectivity index (χ1v) is 6.53. The summed E-state index contributed by atoms with van der Waals surface area (Å²) in [6.45, 7) is 0.118. The van der Waals surface area contributed by atoms with Gasteiger partial charge in [-0.1, -0.05) is 24.3 Å². The predicted molar refractivity (Wildman–Crippen MR) is 73.4 cm³/mol. The van der Waals surface area contributed by atoms with Crippen molar-refractivity contribution in [3.05, 3.63) is 70.8 Å². The highest BCUT2D eigenvalue weighted by molar-refractivity contribution is 5.94. The van der Waals surface area contributed by atoms with E-state index in [0.29, 0.717) is 5.56 Å². The van der Waals surface area contributed by atoms with Crippen LogP contribution < -0.4 is 10.4 Å². The molecule has 0 heterocycles. The fourth-order valence-electron chi connectivity index (χ4n) is 1.85. The number of aromatic carboxylic acids is 1. The molecule has 1 amide bonds. The molecule has 0 radical (unpaired) electrons. The van der Waals surface area contributed by atoms with E-state index in [9.17, 15) is 27.9 Å². The smallest absolute Gasteiger partial charge is 0.416 e. The number of hydrogen-bond donors (Lipinski definition) is 1. The molecular weight excluding hydrogens is 311 g/mol. The summed E-state index contributed by atoms with van der Waals surface area (Å²) in [5.41, 5.74) is -0.0608. The zero-order chi connectivity index (χ0) is 17.0. The van der Waals surface area contributed by atoms with E-state index in [1.807, 2.05) is 0 Å². The van der Waals surface area contributed by atoms with Gasteiger partial charge in [-0.3, -0.25) is 4.79 Å². The van der Waals surface area contributed by atoms with Gasteiger partial charge in [0.05, 0.1) is 11.5 Å². The summed E-state index contributed by atoms with van der Waals surface area (Å²) in [7, 11) is 0. The lowest BCUT2D eigenvalue weighted by molar-refractivity contribution is -0.255. The first-order valence-electron chi connectivity index (χ1n) is 6.53. The van der Waals surface area contributed by atoms with Gasteiger partial charge in [0.2, 0.25) is 0 Å². The second-order valence-electron chi connectivity index (χ2n) is 4.74. The number of amides is 1. The number of carbonyl (C=O) groups excluding carboxylic acids is 2. The van der Waals surface area contributed by atoms with Crippen LogP contribution in [0.3, 0.4) is 0 Å². The Bertz CT molecular complexity index is 707. The van der Waals surface area contributed by atoms with Crippen LogP contribution >= 0.6 is 0 Å². The second-order valence-corrected chi connectivity index (χ2v) is 4.74. The molecule has 0 fully saturated rings. The normalized spacial score (nSPS) is 11.1. The molecule has 0 spiro atoms. The Morgan fingerprint density at radius 3 is 1.91 bits per heavy atom. The van der Waals surface area contributed by atoms with Crippen molar-refractivity contribution in [2.75, 3.05) is 0 Å². The van der Waals surface area contributed by atoms with Gasteiger partial charge in [-0.15, -0.1) is 0 Å². The van der Waals surface area contributed by atoms with E-state index in [0.717, 1.165) is 24.3 Å². The summed E-state index contributed by atoms with van der Waals surface area (Å²) < 4.78 is 37.3. The zero-order valence-electron chi connectivity index (χ0n) is 11.7. The lowest BCUT2D eigenvalue weighted by Gasteiger charge is -2.09. The molecule has 0 aliphatic heterocycles. The fourth-order valence-corrected chi connectivity index (χ4v) is 1.85. The monoisotopic (exact) mass is 322 g/mol. The van der Waals surface area contributed by atoms with Crippen molar-refractivity contribution in [1.29, 1.82) is 0 Å². The topological polar surface area (TPSA) is 69.2 Å². The average molecular weight is 322 g/mol. The molecule has 0 aromatic heterocycles. The van der Waals surface area contributed by atoms with Crippen LogP contribution in [0.5, 0.6) is 0 Å². The van der Waals surface area contributed by atoms with Crippen LogP contribution in [-0.4, -0.2) is 11.9 Å². The molecule has 1 N–H and O–H groups in total. The predicted octanol–water partition coefficient (Wildman–Crippen LogP) is 2.00. The molecule has 0 unspecified atom stereocenters. The van der Waals surface area contributed by atoms with Gasteiger partial charge >= 0.3 is 6.18 Å². The number of carboxylic acids is 1. The van der Waals surface area contributed by atoms with Gasteiger partial charge < -0.3 is 15.2 Å². The van der Waals surface area contributed by atoms with Crippen molar-refractivity contribution in [2.24, 2.45) is 0 Å². The fraction of sp³-hybridized carbons (Fsp3) is 0.125. The average Bonchev–Trinajstić information content (AvgIpc) is 2.52. The Hall–Kier alpha value is -2.83. The van der Waals surface area contributed by atoms with Crippen molar-refractivity contribution in [1.82, 2.24) is 5.32 Å². The highest BCUT2D eigenvalue weighted by Gasteiger charge is 2.30. The first kappa shape index (κ1) is 16.5. The second kappa shape index (κ2) is 6.51. The number of carboxylic acid groups (broad SMARTS) is 1. The van der Waals surface area contributed by atoms with Gasteiger partial charge in [-0.25, -0.2) is 0 Å². The summed E-state index contributed by atoms with van der Waals surface area (Å²) in [6, 6.07) is 9.57. The summed E-state index contributed by atoms with van der Waals surface area (Å²) in [4.78, 5) is 22.5. The maximum atomic E-state index is 12.4. The molecule has 2 aromatic carbocycles. The molecule has 2 rings (SSSR count). The molecule has 4 nitrogen and oxygen atoms in total. The van der Waals surface area contributed by atoms with Crippen molar-refractivity contribution >= 4 is 11.9 Å². The standard InChI is InChI=1S/C16H12F3NO3/c17-16(18,19)13-7-5-11(6-8-13)14(21)20-9-10-1-3-12(4-2-10)15(22)23/h1-8H,9H2,(H,20,21)(H,22,23)/p-1. The minimum absolute atomic E-state index is 0.0165. The highest BCUT2D eigenvalue weighted by atomic mass is 19.4. The Morgan fingerprint density at radius 2 is 1.43 bits per heavy atom. The quantitative estimate of drug-likeness (QED) is 0.936. The van der Waals surface area contributed by atoms with E-state index < -0.39 is 23.6 Å². The lowest BCUT2D eigenvalue weighted by atomic mass is 10.1. The van der Waals surface area contributed by atoms with Crippen molar-refractivity contribution in [3.8, 4) is 0 Å². The largest absolute Gasteiger partial charge is 0.545 e. The molecule has 0 aliphatic carbocycles. The SMILES string of the molecule is O=C([O-])c1ccc(CNC(=O)c2ccc(C(F)(F)F)cc2)cc1. The molecule has 120 valence electrons. The zero-order valence-corrected chi connectivity index (χ0v) is 11.7. The Labute approximate surface area is 129 Å². The van der Waals surface area contributed by atoms with Crippen LogP contribution in [0.25, 0.3) is 0 Å². The number of halogens is 3. The van der Waals surface area contributed by atoms with Gasteiger partial charge in [0.25, 0.3) is 5.91 Å². The Kier molecular flexibility index (Phi) is 4.68. The third-order valence-corrected chi connectivity index (χ3v) is 3.12. The first-order chi connectivity index (χ1) is 10.8. The van der Waals surface area contributed by atoms with Crippen LogP contribution in [0.1, 0.15) is 31.8 Å². The molecule has 0 atom stereocenters. The summed E-state index contributed by atoms with van der Waals surface area (Å²) in [5, 5.41) is 13.1. The van der Waals surface area contributed by atoms with E-state index in [2.05, 4.69) is 5.32 Å². The Morgan fingerprint density at radius 1 is 0.913 bits per heavy atom. The third-order valence-electron chi connectivity index (χ3n) is 3.12. The molecular formula is C16H11F3NO3-. The van der Waals surface area contributed by atoms with Gasteiger partial charge in [0.15, 0.2) is 0 Å². The Balaban J connectivity index is 1.98. The van der Waals surface area contributed by atoms with E-state index in [-0.39, 0.29) is 17.7 Å². The molecule has 23 heavy (non-hydrogen) atoms. The van der Waals surface area contributed by atoms with Gasteiger partial charge in [-0.2, -0.15) is 13.2 Å². The van der Waals surface area contributed by atoms with Gasteiger partial charge in [-0.05, 0) is 35.4 Å². The number of rotatable bonds is 4. The molecule has 7 heteroatoms. The van der Waals surface area contributed by atoms with Crippen LogP contribution in [0.4, 0.5) is 13.2 Å². The maximum Gasteiger partial charge on any atom is 0.416 e. The van der Waals surface area contributed by atoms with Crippen LogP contribution in [0.2, 0.25) is 0 Å². The number of nitrogens with one attached hydrogen (secondary N) is 1. The van der Waals surface area contributed by atoms with Gasteiger partial charge in [0, 0.05) is 12.1 Å². The highest BCUT2D eigenvalue weighted by Crippen LogP contribution is 2.29. The van der Waals surface area contributed by atoms with Crippen LogP contribution in [0.15, 0.2) is 48.5 Å². The van der Waals surface area contributed by atoms with E-state index in [1.54, 1.807) is 0 Å². The summed E-state index contributed by atoms with van der Waals surface area (Å²) >= 11 is 0. The summed E-state index contributed by atoms with van der Waals surface area (Å²) in [6.07, 6.45) is -4.45. The lowest BCUT2D eigenvalue weighted by Crippen LogP contribution is -2.24. The van der Waals surface area contributed by atoms with E-state index in [4.69, 9.17) is 0 Å². The van der Waals surface area contributed by atoms with Crippen molar-refractivity contribution < 1.29 is 27.9 Å². The van der Waals surface area contributed by atoms with Crippen LogP contribution in [-0.2, 0) is 12.7 Å². The third kappa shape index (κ3) is 4.32. The summed E-state index contributed by atoms with van der Waals surface area (Å²) in [5.74, 6) is -1.83. The van der Waals surface area contributed by atoms with E-state index in [1.165, 1.54) is 24.3 Å². The minimum Gasteiger partial charge on any atom is -0.545 e. The molecule has 0 saturated heterocycles. The van der Waals surface area contributed by atoms with Crippen molar-refractivity contribution in [3.63, 3.8) is 0 Å². The molecule has 0 saturated carbocycles. The molecule has 0 aliphatic rings.